The van der Waals surface area contributed by atoms with Crippen molar-refractivity contribution < 1.29 is 17.6 Å². The van der Waals surface area contributed by atoms with E-state index < -0.39 is 19.8 Å². The summed E-state index contributed by atoms with van der Waals surface area (Å²) in [5.74, 6) is -1.24. The molecule has 19 heavy (non-hydrogen) atoms. The summed E-state index contributed by atoms with van der Waals surface area (Å²) in [6.07, 6.45) is 1.87. The third-order valence-electron chi connectivity index (χ3n) is 3.15. The van der Waals surface area contributed by atoms with E-state index in [4.69, 9.17) is 10.7 Å². The summed E-state index contributed by atoms with van der Waals surface area (Å²) in [6.45, 7) is 1.40. The highest BCUT2D eigenvalue weighted by molar-refractivity contribution is 8.13. The summed E-state index contributed by atoms with van der Waals surface area (Å²) in [6, 6.07) is 2.52. The summed E-state index contributed by atoms with van der Waals surface area (Å²) >= 11 is 0. The highest BCUT2D eigenvalue weighted by atomic mass is 35.7. The lowest BCUT2D eigenvalue weighted by molar-refractivity contribution is 0.0784. The van der Waals surface area contributed by atoms with Crippen molar-refractivity contribution in [2.75, 3.05) is 7.05 Å². The molecule has 1 aliphatic rings. The van der Waals surface area contributed by atoms with Crippen LogP contribution in [-0.4, -0.2) is 32.3 Å². The van der Waals surface area contributed by atoms with Crippen LogP contribution in [0.15, 0.2) is 17.0 Å². The Hall–Kier alpha value is -1.14. The Balaban J connectivity index is 2.47. The smallest absolute Gasteiger partial charge is 0.264 e. The van der Waals surface area contributed by atoms with Crippen LogP contribution in [0.25, 0.3) is 0 Å². The summed E-state index contributed by atoms with van der Waals surface area (Å²) in [7, 11) is 2.60. The summed E-state index contributed by atoms with van der Waals surface area (Å²) in [4.78, 5) is 13.0. The average Bonchev–Trinajstić information content (AvgIpc) is 3.13. The van der Waals surface area contributed by atoms with Gasteiger partial charge in [0.1, 0.15) is 10.7 Å². The molecule has 0 unspecified atom stereocenters. The largest absolute Gasteiger partial charge is 0.339 e. The van der Waals surface area contributed by atoms with Crippen molar-refractivity contribution in [3.05, 3.63) is 29.1 Å². The number of nitrogens with zero attached hydrogens (tertiary/aromatic N) is 1. The van der Waals surface area contributed by atoms with E-state index in [9.17, 15) is 17.6 Å². The van der Waals surface area contributed by atoms with Gasteiger partial charge >= 0.3 is 0 Å². The first kappa shape index (κ1) is 14.3. The van der Waals surface area contributed by atoms with E-state index in [1.807, 2.05) is 0 Å². The van der Waals surface area contributed by atoms with Crippen molar-refractivity contribution in [2.24, 2.45) is 0 Å². The Labute approximate surface area is 115 Å². The van der Waals surface area contributed by atoms with Crippen LogP contribution in [0.2, 0.25) is 0 Å². The van der Waals surface area contributed by atoms with Gasteiger partial charge in [-0.15, -0.1) is 0 Å². The molecule has 1 aromatic rings. The van der Waals surface area contributed by atoms with Gasteiger partial charge in [-0.1, -0.05) is 0 Å². The summed E-state index contributed by atoms with van der Waals surface area (Å²) in [5.41, 5.74) is 0.210. The minimum atomic E-state index is -4.22. The molecule has 0 atom stereocenters. The molecule has 1 amide bonds. The quantitative estimate of drug-likeness (QED) is 0.805. The van der Waals surface area contributed by atoms with E-state index in [1.54, 1.807) is 7.05 Å². The van der Waals surface area contributed by atoms with Gasteiger partial charge in [-0.2, -0.15) is 0 Å². The van der Waals surface area contributed by atoms with Crippen molar-refractivity contribution >= 4 is 25.6 Å². The van der Waals surface area contributed by atoms with Gasteiger partial charge in [-0.05, 0) is 37.5 Å². The number of hydrogen-bond donors (Lipinski definition) is 0. The van der Waals surface area contributed by atoms with Gasteiger partial charge in [0.2, 0.25) is 0 Å². The molecule has 0 heterocycles. The first-order valence-electron chi connectivity index (χ1n) is 5.74. The molecule has 0 spiro atoms. The van der Waals surface area contributed by atoms with Crippen molar-refractivity contribution in [1.82, 2.24) is 4.90 Å². The van der Waals surface area contributed by atoms with Crippen LogP contribution in [0.1, 0.15) is 28.8 Å². The first-order chi connectivity index (χ1) is 8.71. The lowest BCUT2D eigenvalue weighted by Gasteiger charge is -2.17. The summed E-state index contributed by atoms with van der Waals surface area (Å²) < 4.78 is 36.3. The van der Waals surface area contributed by atoms with Crippen LogP contribution in [0.5, 0.6) is 0 Å². The molecule has 0 aliphatic heterocycles. The molecule has 2 rings (SSSR count). The molecule has 0 saturated heterocycles. The zero-order valence-corrected chi connectivity index (χ0v) is 12.1. The monoisotopic (exact) mass is 305 g/mol. The van der Waals surface area contributed by atoms with Crippen LogP contribution in [0.4, 0.5) is 4.39 Å². The Morgan fingerprint density at radius 1 is 1.42 bits per heavy atom. The Morgan fingerprint density at radius 2 is 2.00 bits per heavy atom. The fourth-order valence-electron chi connectivity index (χ4n) is 1.87. The molecular weight excluding hydrogens is 293 g/mol. The third kappa shape index (κ3) is 2.90. The molecule has 104 valence electrons. The lowest BCUT2D eigenvalue weighted by Crippen LogP contribution is -2.29. The second kappa shape index (κ2) is 4.76. The Kier molecular flexibility index (Phi) is 3.57. The number of rotatable bonds is 3. The standard InChI is InChI=1S/C12H13ClFNO3S/c1-7-5-8(12(16)15(2)9-3-4-9)6-10(11(7)14)19(13,17)18/h5-6,9H,3-4H2,1-2H3. The fraction of sp³-hybridized carbons (Fsp3) is 0.417. The number of carbonyl (C=O) groups excluding carboxylic acids is 1. The van der Waals surface area contributed by atoms with E-state index in [0.29, 0.717) is 0 Å². The van der Waals surface area contributed by atoms with Crippen molar-refractivity contribution in [3.63, 3.8) is 0 Å². The number of benzene rings is 1. The molecule has 1 saturated carbocycles. The molecule has 1 fully saturated rings. The van der Waals surface area contributed by atoms with Gasteiger partial charge in [0.15, 0.2) is 0 Å². The van der Waals surface area contributed by atoms with Crippen molar-refractivity contribution in [1.29, 1.82) is 0 Å². The van der Waals surface area contributed by atoms with E-state index in [0.717, 1.165) is 18.9 Å². The van der Waals surface area contributed by atoms with Gasteiger partial charge in [0.05, 0.1) is 0 Å². The highest BCUT2D eigenvalue weighted by Crippen LogP contribution is 2.28. The first-order valence-corrected chi connectivity index (χ1v) is 8.04. The summed E-state index contributed by atoms with van der Waals surface area (Å²) in [5, 5.41) is 0. The third-order valence-corrected chi connectivity index (χ3v) is 4.47. The van der Waals surface area contributed by atoms with Gasteiger partial charge in [0.25, 0.3) is 15.0 Å². The van der Waals surface area contributed by atoms with Crippen LogP contribution >= 0.6 is 10.7 Å². The maximum atomic E-state index is 13.7. The van der Waals surface area contributed by atoms with Crippen molar-refractivity contribution in [2.45, 2.75) is 30.7 Å². The molecule has 0 aromatic heterocycles. The fourth-order valence-corrected chi connectivity index (χ4v) is 2.85. The van der Waals surface area contributed by atoms with E-state index in [1.165, 1.54) is 17.9 Å². The maximum Gasteiger partial charge on any atom is 0.264 e. The number of amides is 1. The van der Waals surface area contributed by atoms with Gasteiger partial charge in [-0.3, -0.25) is 4.79 Å². The normalized spacial score (nSPS) is 15.4. The maximum absolute atomic E-state index is 13.7. The molecular formula is C12H13ClFNO3S. The van der Waals surface area contributed by atoms with Gasteiger partial charge in [0, 0.05) is 29.3 Å². The molecule has 4 nitrogen and oxygen atoms in total. The van der Waals surface area contributed by atoms with Gasteiger partial charge < -0.3 is 4.90 Å². The van der Waals surface area contributed by atoms with Crippen LogP contribution in [0, 0.1) is 12.7 Å². The topological polar surface area (TPSA) is 54.5 Å². The molecule has 7 heteroatoms. The molecule has 0 radical (unpaired) electrons. The zero-order chi connectivity index (χ0) is 14.4. The minimum Gasteiger partial charge on any atom is -0.339 e. The second-order valence-electron chi connectivity index (χ2n) is 4.69. The SMILES string of the molecule is Cc1cc(C(=O)N(C)C2CC2)cc(S(=O)(=O)Cl)c1F. The van der Waals surface area contributed by atoms with Gasteiger partial charge in [-0.25, -0.2) is 12.8 Å². The van der Waals surface area contributed by atoms with E-state index >= 15 is 0 Å². The molecule has 1 aliphatic carbocycles. The second-order valence-corrected chi connectivity index (χ2v) is 7.22. The minimum absolute atomic E-state index is 0.0780. The van der Waals surface area contributed by atoms with Crippen LogP contribution in [0.3, 0.4) is 0 Å². The molecule has 0 bridgehead atoms. The number of carbonyl (C=O) groups is 1. The lowest BCUT2D eigenvalue weighted by atomic mass is 10.1. The Bertz CT molecular complexity index is 641. The molecule has 1 aromatic carbocycles. The van der Waals surface area contributed by atoms with Crippen molar-refractivity contribution in [3.8, 4) is 0 Å². The predicted octanol–water partition coefficient (Wildman–Crippen LogP) is 2.30. The van der Waals surface area contributed by atoms with E-state index in [-0.39, 0.29) is 23.1 Å². The highest BCUT2D eigenvalue weighted by Gasteiger charge is 2.31. The van der Waals surface area contributed by atoms with E-state index in [2.05, 4.69) is 0 Å². The number of halogens is 2. The molecule has 0 N–H and O–H groups in total. The number of hydrogen-bond acceptors (Lipinski definition) is 3. The van der Waals surface area contributed by atoms with Crippen LogP contribution < -0.4 is 0 Å². The predicted molar refractivity (Wildman–Crippen MR) is 69.3 cm³/mol. The zero-order valence-electron chi connectivity index (χ0n) is 10.5. The number of aryl methyl sites for hydroxylation is 1. The Morgan fingerprint density at radius 3 is 2.47 bits per heavy atom. The average molecular weight is 306 g/mol. The van der Waals surface area contributed by atoms with Crippen LogP contribution in [-0.2, 0) is 9.05 Å².